The Morgan fingerprint density at radius 2 is 1.58 bits per heavy atom. The van der Waals surface area contributed by atoms with Gasteiger partial charge in [0.05, 0.1) is 5.02 Å². The lowest BCUT2D eigenvalue weighted by Gasteiger charge is -2.22. The van der Waals surface area contributed by atoms with Gasteiger partial charge in [0.2, 0.25) is 0 Å². The predicted octanol–water partition coefficient (Wildman–Crippen LogP) is 3.25. The van der Waals surface area contributed by atoms with Crippen molar-refractivity contribution in [3.63, 3.8) is 0 Å². The minimum atomic E-state index is 0.217. The van der Waals surface area contributed by atoms with Crippen LogP contribution in [0, 0.1) is 0 Å². The molecule has 1 aliphatic rings. The molecular formula is C19H24ClN2OP. The number of rotatable bonds is 4. The Hall–Kier alpha value is -1.12. The molecule has 0 aliphatic carbocycles. The van der Waals surface area contributed by atoms with Gasteiger partial charge in [0.1, 0.15) is 5.75 Å². The third kappa shape index (κ3) is 4.49. The second kappa shape index (κ2) is 8.31. The standard InChI is InChI=1S/C19H24ClN2OP/c20-18-17(24)8-7-16(19(18)23)14-22-10-4-9-21(11-12-22)13-15-5-2-1-3-6-15/h1-3,5-8,23H,4,9-14,24H2. The maximum absolute atomic E-state index is 10.2. The molecular weight excluding hydrogens is 339 g/mol. The molecule has 0 bridgehead atoms. The summed E-state index contributed by atoms with van der Waals surface area (Å²) in [5, 5.41) is 11.5. The van der Waals surface area contributed by atoms with Crippen LogP contribution < -0.4 is 5.30 Å². The molecule has 2 aromatic rings. The molecule has 1 saturated heterocycles. The number of benzene rings is 2. The quantitative estimate of drug-likeness (QED) is 0.846. The third-order valence-electron chi connectivity index (χ3n) is 4.55. The van der Waals surface area contributed by atoms with Crippen molar-refractivity contribution < 1.29 is 5.11 Å². The van der Waals surface area contributed by atoms with Gasteiger partial charge in [-0.2, -0.15) is 0 Å². The molecule has 0 aromatic heterocycles. The van der Waals surface area contributed by atoms with Crippen LogP contribution in [-0.4, -0.2) is 41.1 Å². The van der Waals surface area contributed by atoms with Crippen molar-refractivity contribution in [2.24, 2.45) is 0 Å². The maximum atomic E-state index is 10.2. The Balaban J connectivity index is 1.59. The summed E-state index contributed by atoms with van der Waals surface area (Å²) in [4.78, 5) is 4.91. The molecule has 1 fully saturated rings. The van der Waals surface area contributed by atoms with Crippen LogP contribution >= 0.6 is 20.8 Å². The van der Waals surface area contributed by atoms with E-state index >= 15 is 0 Å². The Kier molecular flexibility index (Phi) is 6.13. The third-order valence-corrected chi connectivity index (χ3v) is 5.62. The second-order valence-electron chi connectivity index (χ2n) is 6.37. The molecule has 1 unspecified atom stereocenters. The van der Waals surface area contributed by atoms with E-state index in [-0.39, 0.29) is 5.75 Å². The summed E-state index contributed by atoms with van der Waals surface area (Å²) in [5.74, 6) is 0.217. The SMILES string of the molecule is Oc1c(CN2CCCN(Cc3ccccc3)CC2)ccc(P)c1Cl. The Labute approximate surface area is 151 Å². The number of hydrogen-bond donors (Lipinski definition) is 1. The lowest BCUT2D eigenvalue weighted by Crippen LogP contribution is -2.30. The minimum Gasteiger partial charge on any atom is -0.506 e. The molecule has 0 saturated carbocycles. The van der Waals surface area contributed by atoms with Crippen LogP contribution in [-0.2, 0) is 13.1 Å². The zero-order chi connectivity index (χ0) is 16.9. The Morgan fingerprint density at radius 1 is 0.917 bits per heavy atom. The molecule has 1 atom stereocenters. The van der Waals surface area contributed by atoms with Crippen LogP contribution in [0.2, 0.25) is 5.02 Å². The fourth-order valence-electron chi connectivity index (χ4n) is 3.17. The molecule has 1 heterocycles. The lowest BCUT2D eigenvalue weighted by atomic mass is 10.2. The fourth-order valence-corrected chi connectivity index (χ4v) is 3.59. The van der Waals surface area contributed by atoms with Gasteiger partial charge in [0.25, 0.3) is 0 Å². The van der Waals surface area contributed by atoms with Crippen molar-refractivity contribution in [2.45, 2.75) is 19.5 Å². The summed E-state index contributed by atoms with van der Waals surface area (Å²) in [6.07, 6.45) is 1.14. The maximum Gasteiger partial charge on any atom is 0.139 e. The number of nitrogens with zero attached hydrogens (tertiary/aromatic N) is 2. The summed E-state index contributed by atoms with van der Waals surface area (Å²) in [7, 11) is 2.55. The highest BCUT2D eigenvalue weighted by atomic mass is 35.5. The molecule has 5 heteroatoms. The summed E-state index contributed by atoms with van der Waals surface area (Å²) in [6, 6.07) is 14.5. The summed E-state index contributed by atoms with van der Waals surface area (Å²) in [5.41, 5.74) is 2.27. The molecule has 0 amide bonds. The van der Waals surface area contributed by atoms with Crippen LogP contribution in [0.5, 0.6) is 5.75 Å². The van der Waals surface area contributed by atoms with Gasteiger partial charge < -0.3 is 5.11 Å². The first kappa shape index (κ1) is 17.7. The van der Waals surface area contributed by atoms with Crippen LogP contribution in [0.25, 0.3) is 0 Å². The van der Waals surface area contributed by atoms with E-state index < -0.39 is 0 Å². The minimum absolute atomic E-state index is 0.217. The van der Waals surface area contributed by atoms with E-state index in [0.29, 0.717) is 5.02 Å². The first-order valence-corrected chi connectivity index (χ1v) is 9.33. The molecule has 128 valence electrons. The summed E-state index contributed by atoms with van der Waals surface area (Å²) in [6.45, 7) is 5.97. The Morgan fingerprint density at radius 3 is 2.29 bits per heavy atom. The average Bonchev–Trinajstić information content (AvgIpc) is 2.82. The summed E-state index contributed by atoms with van der Waals surface area (Å²) < 4.78 is 0. The van der Waals surface area contributed by atoms with Crippen LogP contribution in [0.4, 0.5) is 0 Å². The van der Waals surface area contributed by atoms with E-state index in [1.54, 1.807) is 0 Å². The molecule has 0 spiro atoms. The lowest BCUT2D eigenvalue weighted by molar-refractivity contribution is 0.245. The average molecular weight is 363 g/mol. The molecule has 0 radical (unpaired) electrons. The molecule has 3 nitrogen and oxygen atoms in total. The van der Waals surface area contributed by atoms with Gasteiger partial charge in [-0.05, 0) is 30.4 Å². The summed E-state index contributed by atoms with van der Waals surface area (Å²) >= 11 is 6.15. The van der Waals surface area contributed by atoms with E-state index in [1.165, 1.54) is 5.56 Å². The Bertz CT molecular complexity index is 681. The molecule has 3 rings (SSSR count). The van der Waals surface area contributed by atoms with E-state index in [9.17, 15) is 5.11 Å². The largest absolute Gasteiger partial charge is 0.506 e. The van der Waals surface area contributed by atoms with Gasteiger partial charge in [0.15, 0.2) is 0 Å². The van der Waals surface area contributed by atoms with Gasteiger partial charge in [-0.1, -0.05) is 54.1 Å². The van der Waals surface area contributed by atoms with E-state index in [0.717, 1.165) is 56.6 Å². The number of hydrogen-bond acceptors (Lipinski definition) is 3. The van der Waals surface area contributed by atoms with Crippen molar-refractivity contribution in [3.8, 4) is 5.75 Å². The van der Waals surface area contributed by atoms with E-state index in [4.69, 9.17) is 11.6 Å². The smallest absolute Gasteiger partial charge is 0.139 e. The van der Waals surface area contributed by atoms with Gasteiger partial charge in [0, 0.05) is 31.7 Å². The highest BCUT2D eigenvalue weighted by Gasteiger charge is 2.17. The monoisotopic (exact) mass is 362 g/mol. The zero-order valence-corrected chi connectivity index (χ0v) is 15.7. The topological polar surface area (TPSA) is 26.7 Å². The molecule has 1 aliphatic heterocycles. The van der Waals surface area contributed by atoms with Crippen LogP contribution in [0.1, 0.15) is 17.5 Å². The van der Waals surface area contributed by atoms with Crippen molar-refractivity contribution in [2.75, 3.05) is 26.2 Å². The van der Waals surface area contributed by atoms with E-state index in [2.05, 4.69) is 49.4 Å². The second-order valence-corrected chi connectivity index (χ2v) is 7.37. The number of phenolic OH excluding ortho intramolecular Hbond substituents is 1. The van der Waals surface area contributed by atoms with Crippen molar-refractivity contribution >= 4 is 26.1 Å². The highest BCUT2D eigenvalue weighted by Crippen LogP contribution is 2.28. The predicted molar refractivity (Wildman–Crippen MR) is 104 cm³/mol. The van der Waals surface area contributed by atoms with Crippen LogP contribution in [0.15, 0.2) is 42.5 Å². The normalized spacial score (nSPS) is 16.9. The van der Waals surface area contributed by atoms with Crippen molar-refractivity contribution in [1.82, 2.24) is 9.80 Å². The number of aromatic hydroxyl groups is 1. The highest BCUT2D eigenvalue weighted by molar-refractivity contribution is 7.28. The molecule has 2 aromatic carbocycles. The van der Waals surface area contributed by atoms with Gasteiger partial charge in [-0.25, -0.2) is 0 Å². The van der Waals surface area contributed by atoms with E-state index in [1.807, 2.05) is 12.1 Å². The van der Waals surface area contributed by atoms with Crippen molar-refractivity contribution in [3.05, 3.63) is 58.6 Å². The van der Waals surface area contributed by atoms with Crippen LogP contribution in [0.3, 0.4) is 0 Å². The zero-order valence-electron chi connectivity index (χ0n) is 13.8. The van der Waals surface area contributed by atoms with Gasteiger partial charge in [-0.15, -0.1) is 9.24 Å². The number of phenols is 1. The molecule has 24 heavy (non-hydrogen) atoms. The first-order chi connectivity index (χ1) is 11.6. The van der Waals surface area contributed by atoms with Crippen molar-refractivity contribution in [1.29, 1.82) is 0 Å². The molecule has 1 N–H and O–H groups in total. The number of halogens is 1. The van der Waals surface area contributed by atoms with Gasteiger partial charge >= 0.3 is 0 Å². The van der Waals surface area contributed by atoms with Gasteiger partial charge in [-0.3, -0.25) is 9.80 Å². The fraction of sp³-hybridized carbons (Fsp3) is 0.368. The first-order valence-electron chi connectivity index (χ1n) is 8.38.